The zero-order valence-electron chi connectivity index (χ0n) is 16.7. The highest BCUT2D eigenvalue weighted by Gasteiger charge is 2.28. The van der Waals surface area contributed by atoms with E-state index in [1.807, 2.05) is 6.92 Å². The van der Waals surface area contributed by atoms with Gasteiger partial charge in [-0.1, -0.05) is 13.8 Å². The molecule has 0 rings (SSSR count). The molecule has 0 saturated carbocycles. The van der Waals surface area contributed by atoms with E-state index in [-0.39, 0.29) is 41.8 Å². The minimum absolute atomic E-state index is 0. The second-order valence-electron chi connectivity index (χ2n) is 7.23. The molecule has 0 saturated heterocycles. The maximum atomic E-state index is 12.2. The Morgan fingerprint density at radius 1 is 1.08 bits per heavy atom. The first-order chi connectivity index (χ1) is 11.1. The Morgan fingerprint density at radius 3 is 2.04 bits per heavy atom. The van der Waals surface area contributed by atoms with Gasteiger partial charge in [0.05, 0.1) is 10.5 Å². The topological polar surface area (TPSA) is 90.8 Å². The lowest BCUT2D eigenvalue weighted by Gasteiger charge is -2.29. The molecular weight excluding hydrogens is 453 g/mol. The van der Waals surface area contributed by atoms with Gasteiger partial charge in [-0.15, -0.1) is 24.0 Å². The Kier molecular flexibility index (Phi) is 13.4. The van der Waals surface area contributed by atoms with E-state index in [4.69, 9.17) is 0 Å². The number of aliphatic imine (C=N–C) groups is 1. The van der Waals surface area contributed by atoms with Crippen LogP contribution in [0.1, 0.15) is 60.8 Å². The van der Waals surface area contributed by atoms with Crippen molar-refractivity contribution >= 4 is 39.8 Å². The van der Waals surface area contributed by atoms with Crippen molar-refractivity contribution in [3.8, 4) is 0 Å². The lowest BCUT2D eigenvalue weighted by Crippen LogP contribution is -2.42. The zero-order valence-corrected chi connectivity index (χ0v) is 19.8. The van der Waals surface area contributed by atoms with E-state index in [0.717, 1.165) is 19.3 Å². The van der Waals surface area contributed by atoms with Gasteiger partial charge in [-0.2, -0.15) is 0 Å². The monoisotopic (exact) mass is 491 g/mol. The first-order valence-corrected chi connectivity index (χ1v) is 10.6. The third-order valence-corrected chi connectivity index (χ3v) is 7.26. The van der Waals surface area contributed by atoms with Crippen LogP contribution in [0.3, 0.4) is 0 Å². The Hall–Kier alpha value is -0.0900. The van der Waals surface area contributed by atoms with Gasteiger partial charge in [0.1, 0.15) is 0 Å². The summed E-state index contributed by atoms with van der Waals surface area (Å²) in [6.45, 7) is 13.2. The van der Waals surface area contributed by atoms with Gasteiger partial charge in [-0.05, 0) is 52.4 Å². The van der Waals surface area contributed by atoms with Crippen LogP contribution in [-0.4, -0.2) is 56.2 Å². The van der Waals surface area contributed by atoms with Crippen molar-refractivity contribution < 1.29 is 13.5 Å². The summed E-state index contributed by atoms with van der Waals surface area (Å²) in [7, 11) is -3.15. The third kappa shape index (κ3) is 9.42. The summed E-state index contributed by atoms with van der Waals surface area (Å²) in [6, 6.07) is 0. The van der Waals surface area contributed by atoms with Crippen molar-refractivity contribution in [3.05, 3.63) is 0 Å². The normalized spacial score (nSPS) is 13.3. The molecule has 0 heterocycles. The van der Waals surface area contributed by atoms with E-state index in [2.05, 4.69) is 29.5 Å². The molecule has 0 fully saturated rings. The summed E-state index contributed by atoms with van der Waals surface area (Å²) in [4.78, 5) is 4.62. The van der Waals surface area contributed by atoms with Gasteiger partial charge in [0.25, 0.3) is 0 Å². The van der Waals surface area contributed by atoms with Gasteiger partial charge in [-0.3, -0.25) is 4.99 Å². The largest absolute Gasteiger partial charge is 0.396 e. The van der Waals surface area contributed by atoms with Crippen LogP contribution in [0.5, 0.6) is 0 Å². The Labute approximate surface area is 171 Å². The van der Waals surface area contributed by atoms with Crippen LogP contribution in [0, 0.1) is 5.41 Å². The highest BCUT2D eigenvalue weighted by molar-refractivity contribution is 14.0. The molecule has 0 aromatic rings. The Bertz CT molecular complexity index is 484. The van der Waals surface area contributed by atoms with E-state index in [0.29, 0.717) is 25.6 Å². The average molecular weight is 491 g/mol. The molecule has 0 atom stereocenters. The molecule has 8 heteroatoms. The molecule has 0 aromatic carbocycles. The average Bonchev–Trinajstić information content (AvgIpc) is 2.50. The summed E-state index contributed by atoms with van der Waals surface area (Å²) < 4.78 is 23.6. The number of aliphatic hydroxyl groups excluding tert-OH is 1. The van der Waals surface area contributed by atoms with Crippen LogP contribution in [0.15, 0.2) is 4.99 Å². The van der Waals surface area contributed by atoms with E-state index in [1.165, 1.54) is 0 Å². The zero-order chi connectivity index (χ0) is 18.9. The predicted molar refractivity (Wildman–Crippen MR) is 118 cm³/mol. The predicted octanol–water partition coefficient (Wildman–Crippen LogP) is 2.56. The number of nitrogens with zero attached hydrogens (tertiary/aromatic N) is 1. The number of sulfone groups is 1. The Balaban J connectivity index is 0. The SMILES string of the molecule is CCNC(=NCC(CC)(CC)CCO)NCCS(=O)(=O)C(C)(C)C.I. The molecule has 0 unspecified atom stereocenters. The molecule has 152 valence electrons. The first-order valence-electron chi connectivity index (χ1n) is 8.92. The van der Waals surface area contributed by atoms with Crippen molar-refractivity contribution in [1.82, 2.24) is 10.6 Å². The maximum absolute atomic E-state index is 12.2. The molecule has 0 amide bonds. The highest BCUT2D eigenvalue weighted by Crippen LogP contribution is 2.30. The van der Waals surface area contributed by atoms with Crippen molar-refractivity contribution in [2.75, 3.05) is 32.0 Å². The fourth-order valence-electron chi connectivity index (χ4n) is 2.34. The molecule has 3 N–H and O–H groups in total. The van der Waals surface area contributed by atoms with Gasteiger partial charge in [-0.25, -0.2) is 8.42 Å². The number of aliphatic hydroxyl groups is 1. The smallest absolute Gasteiger partial charge is 0.191 e. The van der Waals surface area contributed by atoms with Crippen LogP contribution >= 0.6 is 24.0 Å². The van der Waals surface area contributed by atoms with Gasteiger partial charge in [0.15, 0.2) is 15.8 Å². The molecular formula is C17H38IN3O3S. The second kappa shape index (κ2) is 12.3. The lowest BCUT2D eigenvalue weighted by atomic mass is 9.79. The van der Waals surface area contributed by atoms with Crippen LogP contribution < -0.4 is 10.6 Å². The molecule has 25 heavy (non-hydrogen) atoms. The van der Waals surface area contributed by atoms with E-state index in [9.17, 15) is 13.5 Å². The summed E-state index contributed by atoms with van der Waals surface area (Å²) >= 11 is 0. The fourth-order valence-corrected chi connectivity index (χ4v) is 3.33. The van der Waals surface area contributed by atoms with E-state index in [1.54, 1.807) is 20.8 Å². The van der Waals surface area contributed by atoms with Crippen molar-refractivity contribution in [2.45, 2.75) is 65.6 Å². The maximum Gasteiger partial charge on any atom is 0.191 e. The van der Waals surface area contributed by atoms with Crippen molar-refractivity contribution in [1.29, 1.82) is 0 Å². The third-order valence-electron chi connectivity index (χ3n) is 4.66. The van der Waals surface area contributed by atoms with Gasteiger partial charge in [0.2, 0.25) is 0 Å². The minimum Gasteiger partial charge on any atom is -0.396 e. The van der Waals surface area contributed by atoms with Gasteiger partial charge < -0.3 is 15.7 Å². The number of guanidine groups is 1. The first kappa shape index (κ1) is 27.1. The molecule has 0 radical (unpaired) electrons. The van der Waals surface area contributed by atoms with Crippen LogP contribution in [0.4, 0.5) is 0 Å². The van der Waals surface area contributed by atoms with Crippen molar-refractivity contribution in [2.24, 2.45) is 10.4 Å². The standard InChI is InChI=1S/C17H37N3O3S.HI/c1-7-17(8-2,10-12-21)14-20-15(18-9-3)19-11-13-24(22,23)16(4,5)6;/h21H,7-14H2,1-6H3,(H2,18,19,20);1H. The molecule has 0 aliphatic rings. The van der Waals surface area contributed by atoms with Crippen LogP contribution in [0.2, 0.25) is 0 Å². The van der Waals surface area contributed by atoms with E-state index >= 15 is 0 Å². The number of hydrogen-bond donors (Lipinski definition) is 3. The minimum atomic E-state index is -3.15. The molecule has 0 bridgehead atoms. The molecule has 0 aliphatic heterocycles. The Morgan fingerprint density at radius 2 is 1.64 bits per heavy atom. The van der Waals surface area contributed by atoms with Crippen LogP contribution in [0.25, 0.3) is 0 Å². The fraction of sp³-hybridized carbons (Fsp3) is 0.941. The summed E-state index contributed by atoms with van der Waals surface area (Å²) in [5.41, 5.74) is -0.00537. The number of nitrogens with one attached hydrogen (secondary N) is 2. The molecule has 0 aliphatic carbocycles. The number of halogens is 1. The van der Waals surface area contributed by atoms with Gasteiger partial charge in [0, 0.05) is 26.2 Å². The number of rotatable bonds is 10. The quantitative estimate of drug-likeness (QED) is 0.248. The van der Waals surface area contributed by atoms with Gasteiger partial charge >= 0.3 is 0 Å². The molecule has 6 nitrogen and oxygen atoms in total. The second-order valence-corrected chi connectivity index (χ2v) is 10.1. The lowest BCUT2D eigenvalue weighted by molar-refractivity contribution is 0.175. The number of hydrogen-bond acceptors (Lipinski definition) is 4. The highest BCUT2D eigenvalue weighted by atomic mass is 127. The molecule has 0 aromatic heterocycles. The molecule has 0 spiro atoms. The summed E-state index contributed by atoms with van der Waals surface area (Å²) in [6.07, 6.45) is 2.62. The van der Waals surface area contributed by atoms with Crippen molar-refractivity contribution in [3.63, 3.8) is 0 Å². The summed E-state index contributed by atoms with van der Waals surface area (Å²) in [5, 5.41) is 15.6. The van der Waals surface area contributed by atoms with E-state index < -0.39 is 14.6 Å². The summed E-state index contributed by atoms with van der Waals surface area (Å²) in [5.74, 6) is 0.704. The van der Waals surface area contributed by atoms with Crippen LogP contribution in [-0.2, 0) is 9.84 Å².